The van der Waals surface area contributed by atoms with Crippen molar-refractivity contribution in [3.8, 4) is 5.88 Å². The number of aromatic nitrogens is 2. The maximum absolute atomic E-state index is 5.54. The van der Waals surface area contributed by atoms with Crippen LogP contribution in [0.2, 0.25) is 0 Å². The largest absolute Gasteiger partial charge is 0.477 e. The fraction of sp³-hybridized carbons (Fsp3) is 0.600. The van der Waals surface area contributed by atoms with Crippen molar-refractivity contribution in [3.63, 3.8) is 0 Å². The maximum Gasteiger partial charge on any atom is 0.225 e. The molecule has 1 aromatic heterocycles. The molecule has 88 valence electrons. The van der Waals surface area contributed by atoms with Crippen molar-refractivity contribution < 1.29 is 9.47 Å². The number of hydrogen-bond donors (Lipinski definition) is 2. The van der Waals surface area contributed by atoms with Crippen LogP contribution >= 0.6 is 0 Å². The van der Waals surface area contributed by atoms with Gasteiger partial charge in [-0.3, -0.25) is 0 Å². The standard InChI is InChI=1S/C10H16N4O2/c11-8-5-9(14-10(12)13-8)16-6-7-1-3-15-4-2-7/h5,7H,1-4,6H2,(H4,11,12,13,14). The molecule has 0 spiro atoms. The third-order valence-corrected chi connectivity index (χ3v) is 2.55. The fourth-order valence-corrected chi connectivity index (χ4v) is 1.65. The van der Waals surface area contributed by atoms with E-state index in [4.69, 9.17) is 20.9 Å². The minimum atomic E-state index is 0.141. The van der Waals surface area contributed by atoms with E-state index in [-0.39, 0.29) is 5.95 Å². The first kappa shape index (κ1) is 10.9. The number of rotatable bonds is 3. The highest BCUT2D eigenvalue weighted by Crippen LogP contribution is 2.17. The minimum absolute atomic E-state index is 0.141. The van der Waals surface area contributed by atoms with Crippen molar-refractivity contribution in [2.24, 2.45) is 5.92 Å². The van der Waals surface area contributed by atoms with Crippen molar-refractivity contribution in [1.29, 1.82) is 0 Å². The molecule has 1 fully saturated rings. The van der Waals surface area contributed by atoms with Crippen molar-refractivity contribution in [2.75, 3.05) is 31.3 Å². The summed E-state index contributed by atoms with van der Waals surface area (Å²) < 4.78 is 10.8. The van der Waals surface area contributed by atoms with Gasteiger partial charge in [0.15, 0.2) is 0 Å². The molecule has 1 aromatic rings. The third kappa shape index (κ3) is 2.96. The maximum atomic E-state index is 5.54. The molecule has 0 aromatic carbocycles. The Kier molecular flexibility index (Phi) is 3.40. The van der Waals surface area contributed by atoms with Crippen molar-refractivity contribution in [1.82, 2.24) is 9.97 Å². The molecule has 0 radical (unpaired) electrons. The molecule has 0 unspecified atom stereocenters. The summed E-state index contributed by atoms with van der Waals surface area (Å²) >= 11 is 0. The highest BCUT2D eigenvalue weighted by atomic mass is 16.5. The highest BCUT2D eigenvalue weighted by molar-refractivity contribution is 5.38. The van der Waals surface area contributed by atoms with Gasteiger partial charge in [-0.25, -0.2) is 0 Å². The Morgan fingerprint density at radius 2 is 2.06 bits per heavy atom. The Hall–Kier alpha value is -1.56. The van der Waals surface area contributed by atoms with Crippen LogP contribution in [0.25, 0.3) is 0 Å². The van der Waals surface area contributed by atoms with Crippen molar-refractivity contribution >= 4 is 11.8 Å². The van der Waals surface area contributed by atoms with Gasteiger partial charge in [0.1, 0.15) is 5.82 Å². The van der Waals surface area contributed by atoms with E-state index in [0.29, 0.717) is 24.2 Å². The second kappa shape index (κ2) is 4.98. The second-order valence-electron chi connectivity index (χ2n) is 3.86. The van der Waals surface area contributed by atoms with Gasteiger partial charge in [0.05, 0.1) is 6.61 Å². The summed E-state index contributed by atoms with van der Waals surface area (Å²) in [5, 5.41) is 0. The lowest BCUT2D eigenvalue weighted by Gasteiger charge is -2.21. The molecular weight excluding hydrogens is 208 g/mol. The minimum Gasteiger partial charge on any atom is -0.477 e. The van der Waals surface area contributed by atoms with Crippen LogP contribution in [-0.4, -0.2) is 29.8 Å². The summed E-state index contributed by atoms with van der Waals surface area (Å²) in [6, 6.07) is 1.58. The zero-order valence-corrected chi connectivity index (χ0v) is 9.06. The fourth-order valence-electron chi connectivity index (χ4n) is 1.65. The Labute approximate surface area is 94.0 Å². The van der Waals surface area contributed by atoms with E-state index >= 15 is 0 Å². The van der Waals surface area contributed by atoms with E-state index in [9.17, 15) is 0 Å². The summed E-state index contributed by atoms with van der Waals surface area (Å²) in [4.78, 5) is 7.73. The van der Waals surface area contributed by atoms with E-state index < -0.39 is 0 Å². The Morgan fingerprint density at radius 1 is 1.31 bits per heavy atom. The Morgan fingerprint density at radius 3 is 2.75 bits per heavy atom. The summed E-state index contributed by atoms with van der Waals surface area (Å²) in [7, 11) is 0. The van der Waals surface area contributed by atoms with E-state index in [1.165, 1.54) is 0 Å². The van der Waals surface area contributed by atoms with Gasteiger partial charge in [0.2, 0.25) is 11.8 Å². The first-order chi connectivity index (χ1) is 7.74. The van der Waals surface area contributed by atoms with Crippen LogP contribution in [0.4, 0.5) is 11.8 Å². The molecule has 0 saturated carbocycles. The predicted octanol–water partition coefficient (Wildman–Crippen LogP) is 0.446. The van der Waals surface area contributed by atoms with Crippen molar-refractivity contribution in [3.05, 3.63) is 6.07 Å². The second-order valence-corrected chi connectivity index (χ2v) is 3.86. The van der Waals surface area contributed by atoms with Crippen LogP contribution in [0.5, 0.6) is 5.88 Å². The monoisotopic (exact) mass is 224 g/mol. The van der Waals surface area contributed by atoms with Crippen LogP contribution in [0.15, 0.2) is 6.07 Å². The average Bonchev–Trinajstić information content (AvgIpc) is 2.27. The van der Waals surface area contributed by atoms with Gasteiger partial charge in [-0.05, 0) is 18.8 Å². The van der Waals surface area contributed by atoms with Gasteiger partial charge >= 0.3 is 0 Å². The van der Waals surface area contributed by atoms with Gasteiger partial charge in [0, 0.05) is 19.3 Å². The molecule has 0 bridgehead atoms. The summed E-state index contributed by atoms with van der Waals surface area (Å²) in [6.45, 7) is 2.24. The summed E-state index contributed by atoms with van der Waals surface area (Å²) in [5.41, 5.74) is 11.0. The molecule has 0 aliphatic carbocycles. The molecule has 6 nitrogen and oxygen atoms in total. The summed E-state index contributed by atoms with van der Waals surface area (Å²) in [5.74, 6) is 1.43. The predicted molar refractivity (Wildman–Crippen MR) is 59.9 cm³/mol. The van der Waals surface area contributed by atoms with Crippen LogP contribution in [-0.2, 0) is 4.74 Å². The average molecular weight is 224 g/mol. The molecule has 2 heterocycles. The smallest absolute Gasteiger partial charge is 0.225 e. The third-order valence-electron chi connectivity index (χ3n) is 2.55. The van der Waals surface area contributed by atoms with Gasteiger partial charge in [-0.2, -0.15) is 9.97 Å². The first-order valence-electron chi connectivity index (χ1n) is 5.34. The molecule has 1 saturated heterocycles. The van der Waals surface area contributed by atoms with Gasteiger partial charge < -0.3 is 20.9 Å². The molecular formula is C10H16N4O2. The number of nitrogen functional groups attached to an aromatic ring is 2. The zero-order valence-electron chi connectivity index (χ0n) is 9.06. The van der Waals surface area contributed by atoms with Crippen LogP contribution in [0.1, 0.15) is 12.8 Å². The Balaban J connectivity index is 1.88. The molecule has 6 heteroatoms. The molecule has 0 amide bonds. The summed E-state index contributed by atoms with van der Waals surface area (Å²) in [6.07, 6.45) is 2.05. The topological polar surface area (TPSA) is 96.3 Å². The van der Waals surface area contributed by atoms with E-state index in [1.54, 1.807) is 6.07 Å². The van der Waals surface area contributed by atoms with Crippen LogP contribution in [0.3, 0.4) is 0 Å². The lowest BCUT2D eigenvalue weighted by atomic mass is 10.0. The van der Waals surface area contributed by atoms with Gasteiger partial charge in [-0.1, -0.05) is 0 Å². The van der Waals surface area contributed by atoms with Crippen LogP contribution < -0.4 is 16.2 Å². The lowest BCUT2D eigenvalue weighted by Crippen LogP contribution is -2.21. The number of nitrogens with zero attached hydrogens (tertiary/aromatic N) is 2. The van der Waals surface area contributed by atoms with Crippen LogP contribution in [0, 0.1) is 5.92 Å². The first-order valence-corrected chi connectivity index (χ1v) is 5.34. The molecule has 1 aliphatic rings. The lowest BCUT2D eigenvalue weighted by molar-refractivity contribution is 0.0490. The number of ether oxygens (including phenoxy) is 2. The van der Waals surface area contributed by atoms with Gasteiger partial charge in [-0.15, -0.1) is 0 Å². The normalized spacial score (nSPS) is 17.2. The van der Waals surface area contributed by atoms with E-state index in [2.05, 4.69) is 9.97 Å². The number of nitrogens with two attached hydrogens (primary N) is 2. The molecule has 16 heavy (non-hydrogen) atoms. The number of anilines is 2. The quantitative estimate of drug-likeness (QED) is 0.773. The molecule has 2 rings (SSSR count). The van der Waals surface area contributed by atoms with Gasteiger partial charge in [0.25, 0.3) is 0 Å². The molecule has 4 N–H and O–H groups in total. The number of hydrogen-bond acceptors (Lipinski definition) is 6. The van der Waals surface area contributed by atoms with Crippen molar-refractivity contribution in [2.45, 2.75) is 12.8 Å². The van der Waals surface area contributed by atoms with E-state index in [0.717, 1.165) is 26.1 Å². The highest BCUT2D eigenvalue weighted by Gasteiger charge is 2.14. The van der Waals surface area contributed by atoms with E-state index in [1.807, 2.05) is 0 Å². The molecule has 1 aliphatic heterocycles. The Bertz CT molecular complexity index is 332. The SMILES string of the molecule is Nc1cc(OCC2CCOCC2)nc(N)n1. The zero-order chi connectivity index (χ0) is 11.4. The molecule has 0 atom stereocenters.